The summed E-state index contributed by atoms with van der Waals surface area (Å²) >= 11 is 0. The Labute approximate surface area is 154 Å². The van der Waals surface area contributed by atoms with Crippen LogP contribution in [0.5, 0.6) is 0 Å². The highest BCUT2D eigenvalue weighted by molar-refractivity contribution is 7.93. The number of fused-ring (bicyclic) bond motifs is 2. The van der Waals surface area contributed by atoms with E-state index in [1.807, 2.05) is 0 Å². The molecule has 0 radical (unpaired) electrons. The lowest BCUT2D eigenvalue weighted by Gasteiger charge is -2.31. The summed E-state index contributed by atoms with van der Waals surface area (Å²) < 4.78 is 73.2. The van der Waals surface area contributed by atoms with E-state index < -0.39 is 56.3 Å². The van der Waals surface area contributed by atoms with E-state index in [9.17, 15) is 26.7 Å². The lowest BCUT2D eigenvalue weighted by atomic mass is 9.80. The molecule has 6 nitrogen and oxygen atoms in total. The van der Waals surface area contributed by atoms with E-state index in [4.69, 9.17) is 10.00 Å². The number of halogens is 3. The third-order valence-electron chi connectivity index (χ3n) is 5.09. The van der Waals surface area contributed by atoms with Crippen molar-refractivity contribution < 1.29 is 31.4 Å². The minimum Gasteiger partial charge on any atom is -0.396 e. The van der Waals surface area contributed by atoms with Gasteiger partial charge in [0.1, 0.15) is 10.9 Å². The van der Waals surface area contributed by atoms with E-state index in [0.29, 0.717) is 6.07 Å². The van der Waals surface area contributed by atoms with Gasteiger partial charge < -0.3 is 9.84 Å². The molecule has 146 valence electrons. The molecule has 0 amide bonds. The van der Waals surface area contributed by atoms with Crippen molar-refractivity contribution in [2.24, 2.45) is 5.92 Å². The number of nitriles is 1. The average Bonchev–Trinajstić information content (AvgIpc) is 2.99. The Morgan fingerprint density at radius 3 is 2.48 bits per heavy atom. The zero-order valence-electron chi connectivity index (χ0n) is 14.4. The first-order valence-electron chi connectivity index (χ1n) is 8.01. The van der Waals surface area contributed by atoms with Gasteiger partial charge in [-0.15, -0.1) is 0 Å². The number of aliphatic hydroxyl groups excluding tert-OH is 1. The first kappa shape index (κ1) is 19.7. The molecule has 1 saturated heterocycles. The van der Waals surface area contributed by atoms with E-state index in [-0.39, 0.29) is 5.69 Å². The summed E-state index contributed by atoms with van der Waals surface area (Å²) in [5, 5.41) is 17.3. The molecule has 10 heteroatoms. The van der Waals surface area contributed by atoms with Crippen LogP contribution in [0.3, 0.4) is 0 Å². The lowest BCUT2D eigenvalue weighted by Crippen LogP contribution is -2.49. The molecular weight excluding hydrogens is 385 g/mol. The van der Waals surface area contributed by atoms with Crippen LogP contribution in [-0.2, 0) is 20.9 Å². The number of hydrogen-bond acceptors (Lipinski definition) is 5. The van der Waals surface area contributed by atoms with E-state index in [1.54, 1.807) is 26.0 Å². The summed E-state index contributed by atoms with van der Waals surface area (Å²) in [5.74, 6) is -0.787. The van der Waals surface area contributed by atoms with E-state index in [1.165, 1.54) is 6.07 Å². The second-order valence-electron chi connectivity index (χ2n) is 7.03. The van der Waals surface area contributed by atoms with Crippen LogP contribution >= 0.6 is 0 Å². The second-order valence-corrected chi connectivity index (χ2v) is 8.83. The van der Waals surface area contributed by atoms with Crippen LogP contribution in [0.15, 0.2) is 30.4 Å². The van der Waals surface area contributed by atoms with Crippen molar-refractivity contribution in [1.82, 2.24) is 0 Å². The smallest absolute Gasteiger partial charge is 0.396 e. The SMILES string of the molecule is C[C@]12C=C[C@](C)(O1)[C@@H](S(=O)(=O)Nc1ccc(C#N)c(C(F)(F)F)c1)[C@H]2CO. The van der Waals surface area contributed by atoms with Gasteiger partial charge in [-0.05, 0) is 32.0 Å². The highest BCUT2D eigenvalue weighted by Crippen LogP contribution is 2.52. The molecule has 27 heavy (non-hydrogen) atoms. The summed E-state index contributed by atoms with van der Waals surface area (Å²) in [6.45, 7) is 2.73. The number of alkyl halides is 3. The molecule has 2 aliphatic rings. The van der Waals surface area contributed by atoms with Crippen LogP contribution in [0.1, 0.15) is 25.0 Å². The van der Waals surface area contributed by atoms with Gasteiger partial charge in [-0.25, -0.2) is 8.42 Å². The van der Waals surface area contributed by atoms with E-state index in [2.05, 4.69) is 4.72 Å². The van der Waals surface area contributed by atoms with Gasteiger partial charge in [0.05, 0.1) is 29.4 Å². The topological polar surface area (TPSA) is 99.4 Å². The highest BCUT2D eigenvalue weighted by Gasteiger charge is 2.64. The zero-order valence-corrected chi connectivity index (χ0v) is 15.2. The van der Waals surface area contributed by atoms with Crippen molar-refractivity contribution in [2.75, 3.05) is 11.3 Å². The van der Waals surface area contributed by atoms with Crippen LogP contribution in [0.25, 0.3) is 0 Å². The average molecular weight is 402 g/mol. The summed E-state index contributed by atoms with van der Waals surface area (Å²) in [5.41, 5.74) is -4.35. The molecule has 1 aromatic carbocycles. The number of rotatable bonds is 4. The third-order valence-corrected chi connectivity index (χ3v) is 7.07. The molecule has 4 atom stereocenters. The molecule has 0 unspecified atom stereocenters. The predicted molar refractivity (Wildman–Crippen MR) is 90.1 cm³/mol. The van der Waals surface area contributed by atoms with Crippen LogP contribution in [-0.4, -0.2) is 36.6 Å². The van der Waals surface area contributed by atoms with Gasteiger partial charge in [0.25, 0.3) is 0 Å². The van der Waals surface area contributed by atoms with Crippen LogP contribution in [0.2, 0.25) is 0 Å². The summed E-state index contributed by atoms with van der Waals surface area (Å²) in [6.07, 6.45) is -1.54. The number of aliphatic hydroxyl groups is 1. The first-order chi connectivity index (χ1) is 12.4. The second kappa shape index (κ2) is 5.95. The number of hydrogen-bond donors (Lipinski definition) is 2. The Hall–Kier alpha value is -2.09. The summed E-state index contributed by atoms with van der Waals surface area (Å²) in [4.78, 5) is 0. The van der Waals surface area contributed by atoms with Gasteiger partial charge in [0.2, 0.25) is 10.0 Å². The molecule has 1 fully saturated rings. The Balaban J connectivity index is 1.99. The van der Waals surface area contributed by atoms with E-state index >= 15 is 0 Å². The quantitative estimate of drug-likeness (QED) is 0.754. The molecule has 0 aliphatic carbocycles. The highest BCUT2D eigenvalue weighted by atomic mass is 32.2. The van der Waals surface area contributed by atoms with Gasteiger partial charge in [-0.2, -0.15) is 18.4 Å². The number of ether oxygens (including phenoxy) is 1. The number of anilines is 1. The zero-order chi connectivity index (χ0) is 20.3. The normalized spacial score (nSPS) is 32.5. The number of sulfonamides is 1. The molecule has 3 rings (SSSR count). The van der Waals surface area contributed by atoms with Crippen molar-refractivity contribution in [3.8, 4) is 6.07 Å². The standard InChI is InChI=1S/C17H17F3N2O4S/c1-15-5-6-16(2,26-15)14(13(15)9-23)27(24,25)22-11-4-3-10(8-21)12(7-11)17(18,19)20/h3-7,13-14,22-23H,9H2,1-2H3/t13-,14+,15-,16+/m1/s1. The van der Waals surface area contributed by atoms with Crippen molar-refractivity contribution >= 4 is 15.7 Å². The summed E-state index contributed by atoms with van der Waals surface area (Å²) in [6, 6.07) is 4.02. The van der Waals surface area contributed by atoms with Crippen molar-refractivity contribution in [2.45, 2.75) is 36.5 Å². The summed E-state index contributed by atoms with van der Waals surface area (Å²) in [7, 11) is -4.22. The molecule has 0 spiro atoms. The Morgan fingerprint density at radius 1 is 1.30 bits per heavy atom. The van der Waals surface area contributed by atoms with Gasteiger partial charge in [0, 0.05) is 11.6 Å². The Kier molecular flexibility index (Phi) is 4.34. The molecule has 0 aromatic heterocycles. The predicted octanol–water partition coefficient (Wildman–Crippen LogP) is 2.41. The fraction of sp³-hybridized carbons (Fsp3) is 0.471. The number of nitrogens with one attached hydrogen (secondary N) is 1. The Morgan fingerprint density at radius 2 is 1.93 bits per heavy atom. The Bertz CT molecular complexity index is 954. The first-order valence-corrected chi connectivity index (χ1v) is 9.55. The molecule has 2 heterocycles. The minimum atomic E-state index is -4.81. The van der Waals surface area contributed by atoms with Gasteiger partial charge in [0.15, 0.2) is 0 Å². The molecule has 2 aliphatic heterocycles. The van der Waals surface area contributed by atoms with Gasteiger partial charge in [-0.3, -0.25) is 4.72 Å². The molecular formula is C17H17F3N2O4S. The molecule has 0 saturated carbocycles. The van der Waals surface area contributed by atoms with Crippen molar-refractivity contribution in [3.05, 3.63) is 41.5 Å². The van der Waals surface area contributed by atoms with E-state index in [0.717, 1.165) is 12.1 Å². The fourth-order valence-corrected chi connectivity index (χ4v) is 6.01. The monoisotopic (exact) mass is 402 g/mol. The molecule has 2 bridgehead atoms. The molecule has 2 N–H and O–H groups in total. The van der Waals surface area contributed by atoms with Crippen LogP contribution in [0, 0.1) is 17.2 Å². The minimum absolute atomic E-state index is 0.321. The largest absolute Gasteiger partial charge is 0.417 e. The fourth-order valence-electron chi connectivity index (χ4n) is 3.89. The maximum atomic E-state index is 13.1. The lowest BCUT2D eigenvalue weighted by molar-refractivity contribution is -0.137. The van der Waals surface area contributed by atoms with Gasteiger partial charge >= 0.3 is 6.18 Å². The maximum Gasteiger partial charge on any atom is 0.417 e. The van der Waals surface area contributed by atoms with Crippen LogP contribution in [0.4, 0.5) is 18.9 Å². The van der Waals surface area contributed by atoms with Crippen molar-refractivity contribution in [1.29, 1.82) is 5.26 Å². The number of benzene rings is 1. The van der Waals surface area contributed by atoms with Crippen LogP contribution < -0.4 is 4.72 Å². The molecule has 1 aromatic rings. The maximum absolute atomic E-state index is 13.1. The van der Waals surface area contributed by atoms with Gasteiger partial charge in [-0.1, -0.05) is 12.2 Å². The third kappa shape index (κ3) is 3.09. The number of nitrogens with zero attached hydrogens (tertiary/aromatic N) is 1. The van der Waals surface area contributed by atoms with Crippen molar-refractivity contribution in [3.63, 3.8) is 0 Å².